The molecule has 0 aliphatic carbocycles. The maximum atomic E-state index is 8.12. The minimum atomic E-state index is 0.326. The third-order valence-corrected chi connectivity index (χ3v) is 0.924. The standard InChI is InChI=1S/C5H6ClN/c1-2-5(3-6)4-7/h2H,3H2,1H3/b5-2-. The highest BCUT2D eigenvalue weighted by molar-refractivity contribution is 6.19. The van der Waals surface area contributed by atoms with Crippen molar-refractivity contribution in [1.82, 2.24) is 0 Å². The fourth-order valence-electron chi connectivity index (χ4n) is 0.172. The molecular weight excluding hydrogens is 110 g/mol. The van der Waals surface area contributed by atoms with Crippen LogP contribution in [-0.2, 0) is 0 Å². The van der Waals surface area contributed by atoms with Gasteiger partial charge in [0.25, 0.3) is 0 Å². The summed E-state index contributed by atoms with van der Waals surface area (Å²) in [5, 5.41) is 8.12. The van der Waals surface area contributed by atoms with Crippen LogP contribution in [0.1, 0.15) is 6.92 Å². The van der Waals surface area contributed by atoms with Crippen LogP contribution < -0.4 is 0 Å². The lowest BCUT2D eigenvalue weighted by atomic mass is 10.3. The number of hydrogen-bond donors (Lipinski definition) is 0. The molecule has 0 saturated carbocycles. The molecule has 0 radical (unpaired) electrons. The first-order valence-electron chi connectivity index (χ1n) is 1.96. The number of nitrogens with zero attached hydrogens (tertiary/aromatic N) is 1. The Bertz CT molecular complexity index is 110. The molecule has 0 fully saturated rings. The summed E-state index contributed by atoms with van der Waals surface area (Å²) >= 11 is 5.28. The van der Waals surface area contributed by atoms with E-state index in [9.17, 15) is 0 Å². The van der Waals surface area contributed by atoms with Crippen LogP contribution in [0.4, 0.5) is 0 Å². The third-order valence-electron chi connectivity index (χ3n) is 0.636. The molecule has 0 aromatic carbocycles. The van der Waals surface area contributed by atoms with Gasteiger partial charge in [-0.25, -0.2) is 0 Å². The summed E-state index contributed by atoms with van der Waals surface area (Å²) in [4.78, 5) is 0. The van der Waals surface area contributed by atoms with Gasteiger partial charge >= 0.3 is 0 Å². The first-order chi connectivity index (χ1) is 3.35. The molecule has 0 aliphatic heterocycles. The number of allylic oxidation sites excluding steroid dienone is 2. The molecule has 0 N–H and O–H groups in total. The molecule has 1 nitrogen and oxygen atoms in total. The summed E-state index contributed by atoms with van der Waals surface area (Å²) in [6.07, 6.45) is 1.70. The predicted octanol–water partition coefficient (Wildman–Crippen LogP) is 1.70. The van der Waals surface area contributed by atoms with E-state index in [0.29, 0.717) is 11.5 Å². The van der Waals surface area contributed by atoms with Crippen LogP contribution in [0.15, 0.2) is 11.6 Å². The van der Waals surface area contributed by atoms with E-state index in [-0.39, 0.29) is 0 Å². The van der Waals surface area contributed by atoms with Gasteiger partial charge < -0.3 is 0 Å². The normalized spacial score (nSPS) is 10.7. The molecule has 0 atom stereocenters. The van der Waals surface area contributed by atoms with Crippen molar-refractivity contribution >= 4 is 11.6 Å². The van der Waals surface area contributed by atoms with Gasteiger partial charge in [0.15, 0.2) is 0 Å². The highest BCUT2D eigenvalue weighted by Gasteiger charge is 1.83. The topological polar surface area (TPSA) is 23.8 Å². The second kappa shape index (κ2) is 3.70. The van der Waals surface area contributed by atoms with Gasteiger partial charge in [-0.15, -0.1) is 11.6 Å². The van der Waals surface area contributed by atoms with Gasteiger partial charge in [0, 0.05) is 5.57 Å². The van der Waals surface area contributed by atoms with Gasteiger partial charge in [-0.05, 0) is 6.92 Å². The Balaban J connectivity index is 3.68. The van der Waals surface area contributed by atoms with Gasteiger partial charge in [0.2, 0.25) is 0 Å². The Morgan fingerprint density at radius 3 is 2.57 bits per heavy atom. The first-order valence-corrected chi connectivity index (χ1v) is 2.49. The van der Waals surface area contributed by atoms with Gasteiger partial charge in [-0.2, -0.15) is 5.26 Å². The first kappa shape index (κ1) is 6.52. The quantitative estimate of drug-likeness (QED) is 0.377. The zero-order valence-corrected chi connectivity index (χ0v) is 4.87. The van der Waals surface area contributed by atoms with Crippen LogP contribution in [0.5, 0.6) is 0 Å². The fraction of sp³-hybridized carbons (Fsp3) is 0.400. The van der Waals surface area contributed by atoms with E-state index in [1.807, 2.05) is 6.07 Å². The van der Waals surface area contributed by atoms with E-state index in [0.717, 1.165) is 0 Å². The Morgan fingerprint density at radius 2 is 2.57 bits per heavy atom. The molecule has 0 amide bonds. The van der Waals surface area contributed by atoms with Crippen LogP contribution >= 0.6 is 11.6 Å². The zero-order valence-electron chi connectivity index (χ0n) is 4.11. The Hall–Kier alpha value is -0.480. The molecule has 0 aromatic rings. The summed E-state index contributed by atoms with van der Waals surface area (Å²) < 4.78 is 0. The van der Waals surface area contributed by atoms with Crippen molar-refractivity contribution in [3.63, 3.8) is 0 Å². The monoisotopic (exact) mass is 115 g/mol. The Kier molecular flexibility index (Phi) is 3.45. The predicted molar refractivity (Wildman–Crippen MR) is 30.1 cm³/mol. The van der Waals surface area contributed by atoms with Crippen molar-refractivity contribution in [2.75, 3.05) is 5.88 Å². The average Bonchev–Trinajstić information content (AvgIpc) is 1.72. The smallest absolute Gasteiger partial charge is 0.0956 e. The highest BCUT2D eigenvalue weighted by Crippen LogP contribution is 1.92. The van der Waals surface area contributed by atoms with Crippen LogP contribution in [0.3, 0.4) is 0 Å². The zero-order chi connectivity index (χ0) is 5.70. The second-order valence-corrected chi connectivity index (χ2v) is 1.33. The molecule has 7 heavy (non-hydrogen) atoms. The molecule has 0 rings (SSSR count). The maximum Gasteiger partial charge on any atom is 0.0956 e. The van der Waals surface area contributed by atoms with Gasteiger partial charge in [0.05, 0.1) is 11.9 Å². The van der Waals surface area contributed by atoms with Gasteiger partial charge in [-0.1, -0.05) is 6.08 Å². The van der Waals surface area contributed by atoms with E-state index in [4.69, 9.17) is 16.9 Å². The van der Waals surface area contributed by atoms with E-state index in [1.54, 1.807) is 13.0 Å². The number of nitriles is 1. The van der Waals surface area contributed by atoms with Crippen molar-refractivity contribution in [1.29, 1.82) is 5.26 Å². The molecule has 0 bridgehead atoms. The number of hydrogen-bond acceptors (Lipinski definition) is 1. The van der Waals surface area contributed by atoms with Gasteiger partial charge in [0.1, 0.15) is 0 Å². The van der Waals surface area contributed by atoms with Gasteiger partial charge in [-0.3, -0.25) is 0 Å². The number of rotatable bonds is 1. The van der Waals surface area contributed by atoms with Crippen molar-refractivity contribution in [2.24, 2.45) is 0 Å². The largest absolute Gasteiger partial charge is 0.193 e. The van der Waals surface area contributed by atoms with Crippen LogP contribution in [0.25, 0.3) is 0 Å². The maximum absolute atomic E-state index is 8.12. The minimum Gasteiger partial charge on any atom is -0.193 e. The van der Waals surface area contributed by atoms with E-state index in [1.165, 1.54) is 0 Å². The lowest BCUT2D eigenvalue weighted by Gasteiger charge is -1.79. The summed E-state index contributed by atoms with van der Waals surface area (Å²) in [7, 11) is 0. The third kappa shape index (κ3) is 2.24. The fourth-order valence-corrected chi connectivity index (χ4v) is 0.386. The lowest BCUT2D eigenvalue weighted by Crippen LogP contribution is -1.74. The molecule has 0 saturated heterocycles. The lowest BCUT2D eigenvalue weighted by molar-refractivity contribution is 1.43. The minimum absolute atomic E-state index is 0.326. The van der Waals surface area contributed by atoms with Crippen LogP contribution in [0.2, 0.25) is 0 Å². The number of halogens is 1. The second-order valence-electron chi connectivity index (χ2n) is 1.06. The molecule has 0 unspecified atom stereocenters. The van der Waals surface area contributed by atoms with Crippen molar-refractivity contribution in [3.05, 3.63) is 11.6 Å². The molecule has 0 aliphatic rings. The Labute approximate surface area is 48.2 Å². The van der Waals surface area contributed by atoms with Crippen LogP contribution in [0, 0.1) is 11.3 Å². The van der Waals surface area contributed by atoms with Crippen molar-refractivity contribution < 1.29 is 0 Å². The van der Waals surface area contributed by atoms with E-state index >= 15 is 0 Å². The molecular formula is C5H6ClN. The van der Waals surface area contributed by atoms with E-state index < -0.39 is 0 Å². The Morgan fingerprint density at radius 1 is 2.00 bits per heavy atom. The molecule has 0 spiro atoms. The average molecular weight is 116 g/mol. The summed E-state index contributed by atoms with van der Waals surface area (Å²) in [6, 6.07) is 1.93. The molecule has 0 aromatic heterocycles. The summed E-state index contributed by atoms with van der Waals surface area (Å²) in [5.41, 5.74) is 0.627. The molecule has 38 valence electrons. The van der Waals surface area contributed by atoms with Crippen molar-refractivity contribution in [2.45, 2.75) is 6.92 Å². The molecule has 2 heteroatoms. The van der Waals surface area contributed by atoms with E-state index in [2.05, 4.69) is 0 Å². The van der Waals surface area contributed by atoms with Crippen LogP contribution in [-0.4, -0.2) is 5.88 Å². The summed E-state index contributed by atoms with van der Waals surface area (Å²) in [5.74, 6) is 0.326. The van der Waals surface area contributed by atoms with Crippen molar-refractivity contribution in [3.8, 4) is 6.07 Å². The summed E-state index contributed by atoms with van der Waals surface area (Å²) in [6.45, 7) is 1.79. The SMILES string of the molecule is C/C=C(\C#N)CCl. The molecule has 0 heterocycles. The highest BCUT2D eigenvalue weighted by atomic mass is 35.5. The number of alkyl halides is 1.